The van der Waals surface area contributed by atoms with Gasteiger partial charge in [-0.25, -0.2) is 4.79 Å². The van der Waals surface area contributed by atoms with E-state index in [1.54, 1.807) is 31.4 Å². The minimum atomic E-state index is -1.03. The van der Waals surface area contributed by atoms with Gasteiger partial charge in [-0.1, -0.05) is 0 Å². The van der Waals surface area contributed by atoms with E-state index in [2.05, 4.69) is 0 Å². The van der Waals surface area contributed by atoms with Crippen LogP contribution in [0.15, 0.2) is 30.0 Å². The molecule has 72 valence electrons. The molecule has 14 heavy (non-hydrogen) atoms. The highest BCUT2D eigenvalue weighted by atomic mass is 16.6. The molecule has 1 aliphatic heterocycles. The fraction of sp³-hybridized carbons (Fsp3) is 0.100. The second-order valence-electron chi connectivity index (χ2n) is 2.79. The van der Waals surface area contributed by atoms with Crippen LogP contribution >= 0.6 is 0 Å². The average molecular weight is 192 g/mol. The van der Waals surface area contributed by atoms with Crippen molar-refractivity contribution in [3.8, 4) is 5.75 Å². The molecule has 4 nitrogen and oxygen atoms in total. The second kappa shape index (κ2) is 3.06. The minimum Gasteiger partial charge on any atom is -0.497 e. The summed E-state index contributed by atoms with van der Waals surface area (Å²) in [6.07, 6.45) is 0. The monoisotopic (exact) mass is 192 g/mol. The lowest BCUT2D eigenvalue weighted by Gasteiger charge is -1.97. The number of methoxy groups -OCH3 is 1. The van der Waals surface area contributed by atoms with Crippen molar-refractivity contribution in [1.29, 1.82) is 0 Å². The molecule has 0 saturated heterocycles. The SMILES string of the molecule is COc1ccc(C2=C(C(=O)O)O2)cc1. The molecule has 0 saturated carbocycles. The molecule has 0 aliphatic carbocycles. The fourth-order valence-corrected chi connectivity index (χ4v) is 1.15. The summed E-state index contributed by atoms with van der Waals surface area (Å²) in [5, 5.41) is 8.58. The molecular formula is C10H8O4. The van der Waals surface area contributed by atoms with Crippen LogP contribution in [0, 0.1) is 0 Å². The van der Waals surface area contributed by atoms with E-state index >= 15 is 0 Å². The van der Waals surface area contributed by atoms with E-state index in [-0.39, 0.29) is 5.76 Å². The molecule has 0 fully saturated rings. The van der Waals surface area contributed by atoms with Gasteiger partial charge in [-0.15, -0.1) is 0 Å². The molecule has 0 radical (unpaired) electrons. The number of hydrogen-bond donors (Lipinski definition) is 1. The third kappa shape index (κ3) is 1.42. The van der Waals surface area contributed by atoms with Crippen molar-refractivity contribution in [3.05, 3.63) is 35.6 Å². The van der Waals surface area contributed by atoms with Crippen LogP contribution in [0.2, 0.25) is 0 Å². The van der Waals surface area contributed by atoms with Gasteiger partial charge in [-0.2, -0.15) is 0 Å². The zero-order valence-electron chi connectivity index (χ0n) is 7.48. The van der Waals surface area contributed by atoms with E-state index in [0.717, 1.165) is 11.3 Å². The Balaban J connectivity index is 2.24. The van der Waals surface area contributed by atoms with Gasteiger partial charge in [0.2, 0.25) is 0 Å². The first-order chi connectivity index (χ1) is 6.72. The van der Waals surface area contributed by atoms with Gasteiger partial charge in [0.05, 0.1) is 7.11 Å². The summed E-state index contributed by atoms with van der Waals surface area (Å²) >= 11 is 0. The highest BCUT2D eigenvalue weighted by Crippen LogP contribution is 2.36. The number of hydrogen-bond acceptors (Lipinski definition) is 3. The van der Waals surface area contributed by atoms with Crippen LogP contribution in [0.25, 0.3) is 5.76 Å². The Morgan fingerprint density at radius 2 is 2.00 bits per heavy atom. The second-order valence-corrected chi connectivity index (χ2v) is 2.79. The number of carboxylic acid groups (broad SMARTS) is 1. The van der Waals surface area contributed by atoms with Gasteiger partial charge >= 0.3 is 5.97 Å². The van der Waals surface area contributed by atoms with Crippen molar-refractivity contribution in [2.75, 3.05) is 7.11 Å². The maximum absolute atomic E-state index is 10.5. The van der Waals surface area contributed by atoms with Crippen molar-refractivity contribution < 1.29 is 19.4 Å². The largest absolute Gasteiger partial charge is 0.497 e. The zero-order valence-corrected chi connectivity index (χ0v) is 7.48. The Kier molecular flexibility index (Phi) is 1.89. The van der Waals surface area contributed by atoms with Crippen LogP contribution in [0.3, 0.4) is 0 Å². The lowest BCUT2D eigenvalue weighted by molar-refractivity contribution is -0.133. The van der Waals surface area contributed by atoms with Gasteiger partial charge in [0.1, 0.15) is 5.75 Å². The molecule has 1 N–H and O–H groups in total. The minimum absolute atomic E-state index is 0.0233. The number of carbonyl (C=O) groups is 1. The summed E-state index contributed by atoms with van der Waals surface area (Å²) < 4.78 is 9.80. The molecule has 0 atom stereocenters. The van der Waals surface area contributed by atoms with Crippen molar-refractivity contribution in [2.24, 2.45) is 0 Å². The summed E-state index contributed by atoms with van der Waals surface area (Å²) in [4.78, 5) is 10.5. The quantitative estimate of drug-likeness (QED) is 0.787. The predicted molar refractivity (Wildman–Crippen MR) is 48.6 cm³/mol. The van der Waals surface area contributed by atoms with E-state index < -0.39 is 5.97 Å². The third-order valence-electron chi connectivity index (χ3n) is 1.92. The Bertz CT molecular complexity index is 403. The Morgan fingerprint density at radius 1 is 1.36 bits per heavy atom. The Morgan fingerprint density at radius 3 is 2.43 bits per heavy atom. The van der Waals surface area contributed by atoms with Gasteiger partial charge in [0.25, 0.3) is 5.76 Å². The standard InChI is InChI=1S/C10H8O4/c1-13-7-4-2-6(3-5-7)8-9(14-8)10(11)12/h2-5H,1H3,(H,11,12). The summed E-state index contributed by atoms with van der Waals surface area (Å²) in [5.74, 6) is 0.151. The molecule has 0 bridgehead atoms. The van der Waals surface area contributed by atoms with Crippen LogP contribution in [0.1, 0.15) is 5.56 Å². The van der Waals surface area contributed by atoms with Crippen LogP contribution < -0.4 is 4.74 Å². The van der Waals surface area contributed by atoms with Crippen molar-refractivity contribution in [1.82, 2.24) is 0 Å². The number of ether oxygens (including phenoxy) is 2. The van der Waals surface area contributed by atoms with Gasteiger partial charge in [-0.3, -0.25) is 0 Å². The van der Waals surface area contributed by atoms with Crippen LogP contribution in [-0.2, 0) is 9.53 Å². The van der Waals surface area contributed by atoms with Crippen LogP contribution in [0.4, 0.5) is 0 Å². The maximum Gasteiger partial charge on any atom is 0.375 e. The van der Waals surface area contributed by atoms with Gasteiger partial charge < -0.3 is 14.6 Å². The van der Waals surface area contributed by atoms with Crippen molar-refractivity contribution >= 4 is 11.7 Å². The number of carboxylic acids is 1. The normalized spacial score (nSPS) is 13.5. The van der Waals surface area contributed by atoms with Crippen molar-refractivity contribution in [3.63, 3.8) is 0 Å². The molecule has 1 aromatic carbocycles. The lowest BCUT2D eigenvalue weighted by Crippen LogP contribution is -1.88. The molecule has 0 spiro atoms. The topological polar surface area (TPSA) is 59.1 Å². The first kappa shape index (κ1) is 8.62. The lowest BCUT2D eigenvalue weighted by atomic mass is 10.2. The molecule has 0 amide bonds. The summed E-state index contributed by atoms with van der Waals surface area (Å²) in [5.41, 5.74) is 0.753. The molecule has 1 aromatic rings. The molecule has 2 rings (SSSR count). The number of aliphatic carboxylic acids is 1. The van der Waals surface area contributed by atoms with Crippen LogP contribution in [-0.4, -0.2) is 18.2 Å². The number of benzene rings is 1. The molecular weight excluding hydrogens is 184 g/mol. The predicted octanol–water partition coefficient (Wildman–Crippen LogP) is 1.48. The third-order valence-corrected chi connectivity index (χ3v) is 1.92. The molecule has 4 heteroatoms. The number of rotatable bonds is 3. The highest BCUT2D eigenvalue weighted by Gasteiger charge is 2.33. The fourth-order valence-electron chi connectivity index (χ4n) is 1.15. The van der Waals surface area contributed by atoms with Gasteiger partial charge in [0, 0.05) is 5.56 Å². The molecule has 1 aliphatic rings. The molecule has 1 heterocycles. The zero-order chi connectivity index (χ0) is 10.1. The van der Waals surface area contributed by atoms with E-state index in [1.807, 2.05) is 0 Å². The molecule has 0 unspecified atom stereocenters. The van der Waals surface area contributed by atoms with E-state index in [1.165, 1.54) is 0 Å². The Hall–Kier alpha value is -1.97. The summed E-state index contributed by atoms with van der Waals surface area (Å²) in [7, 11) is 1.57. The average Bonchev–Trinajstić information content (AvgIpc) is 2.97. The van der Waals surface area contributed by atoms with E-state index in [9.17, 15) is 4.79 Å². The smallest absolute Gasteiger partial charge is 0.375 e. The van der Waals surface area contributed by atoms with Crippen LogP contribution in [0.5, 0.6) is 5.75 Å². The van der Waals surface area contributed by atoms with Gasteiger partial charge in [-0.05, 0) is 24.3 Å². The maximum atomic E-state index is 10.5. The highest BCUT2D eigenvalue weighted by molar-refractivity contribution is 6.00. The first-order valence-electron chi connectivity index (χ1n) is 4.02. The van der Waals surface area contributed by atoms with E-state index in [4.69, 9.17) is 14.6 Å². The van der Waals surface area contributed by atoms with E-state index in [0.29, 0.717) is 5.76 Å². The summed E-state index contributed by atoms with van der Waals surface area (Å²) in [6, 6.07) is 7.02. The van der Waals surface area contributed by atoms with Gasteiger partial charge in [0.15, 0.2) is 5.76 Å². The Labute approximate surface area is 80.4 Å². The summed E-state index contributed by atoms with van der Waals surface area (Å²) in [6.45, 7) is 0. The molecule has 0 aromatic heterocycles. The first-order valence-corrected chi connectivity index (χ1v) is 4.02. The van der Waals surface area contributed by atoms with Crippen molar-refractivity contribution in [2.45, 2.75) is 0 Å².